The summed E-state index contributed by atoms with van der Waals surface area (Å²) in [5, 5.41) is 10.3. The molecule has 0 N–H and O–H groups in total. The molecule has 6 nitrogen and oxygen atoms in total. The number of aldehydes is 1. The summed E-state index contributed by atoms with van der Waals surface area (Å²) in [5.41, 5.74) is 3.14. The second kappa shape index (κ2) is 10.5. The van der Waals surface area contributed by atoms with Gasteiger partial charge < -0.3 is 4.74 Å². The van der Waals surface area contributed by atoms with Gasteiger partial charge in [0.15, 0.2) is 6.29 Å². The first-order valence-electron chi connectivity index (χ1n) is 10.0. The van der Waals surface area contributed by atoms with Crippen molar-refractivity contribution in [2.45, 2.75) is 33.6 Å². The summed E-state index contributed by atoms with van der Waals surface area (Å²) in [6.07, 6.45) is 2.51. The number of amides is 1. The molecule has 0 aliphatic heterocycles. The standard InChI is InChI=1S/C23H24ClN3O3S/c1-4-5-10-27(22(29)18-8-6-7-9-19(18)24)23-26-25-21(31-23)17-13-15(2)20(16(3)14-17)30-12-11-28/h6-9,11,13-14H,4-5,10,12H2,1-3H3. The van der Waals surface area contributed by atoms with Gasteiger partial charge in [0.1, 0.15) is 17.4 Å². The van der Waals surface area contributed by atoms with Crippen LogP contribution in [-0.2, 0) is 4.79 Å². The average Bonchev–Trinajstić information content (AvgIpc) is 3.23. The zero-order valence-corrected chi connectivity index (χ0v) is 19.3. The largest absolute Gasteiger partial charge is 0.486 e. The van der Waals surface area contributed by atoms with Gasteiger partial charge in [-0.2, -0.15) is 0 Å². The zero-order chi connectivity index (χ0) is 22.4. The van der Waals surface area contributed by atoms with Crippen molar-refractivity contribution in [1.29, 1.82) is 0 Å². The summed E-state index contributed by atoms with van der Waals surface area (Å²) in [6, 6.07) is 10.9. The molecule has 1 amide bonds. The van der Waals surface area contributed by atoms with Crippen molar-refractivity contribution in [3.05, 3.63) is 58.1 Å². The van der Waals surface area contributed by atoms with E-state index in [1.54, 1.807) is 29.2 Å². The first-order valence-corrected chi connectivity index (χ1v) is 11.2. The highest BCUT2D eigenvalue weighted by Crippen LogP contribution is 2.34. The van der Waals surface area contributed by atoms with E-state index in [9.17, 15) is 9.59 Å². The molecule has 0 saturated carbocycles. The molecular weight excluding hydrogens is 434 g/mol. The fraction of sp³-hybridized carbons (Fsp3) is 0.304. The molecular formula is C23H24ClN3O3S. The fourth-order valence-corrected chi connectivity index (χ4v) is 4.31. The Morgan fingerprint density at radius 1 is 1.19 bits per heavy atom. The summed E-state index contributed by atoms with van der Waals surface area (Å²) in [6.45, 7) is 6.47. The van der Waals surface area contributed by atoms with Crippen LogP contribution in [0.3, 0.4) is 0 Å². The number of rotatable bonds is 9. The highest BCUT2D eigenvalue weighted by molar-refractivity contribution is 7.18. The minimum Gasteiger partial charge on any atom is -0.486 e. The number of carbonyl (C=O) groups excluding carboxylic acids is 2. The van der Waals surface area contributed by atoms with Crippen LogP contribution in [0.4, 0.5) is 5.13 Å². The van der Waals surface area contributed by atoms with E-state index in [1.807, 2.05) is 26.0 Å². The lowest BCUT2D eigenvalue weighted by Crippen LogP contribution is -2.32. The Bertz CT molecular complexity index is 1060. The monoisotopic (exact) mass is 457 g/mol. The van der Waals surface area contributed by atoms with Crippen molar-refractivity contribution in [1.82, 2.24) is 10.2 Å². The summed E-state index contributed by atoms with van der Waals surface area (Å²) >= 11 is 7.62. The Hall–Kier alpha value is -2.77. The molecule has 0 bridgehead atoms. The molecule has 3 aromatic rings. The SMILES string of the molecule is CCCCN(C(=O)c1ccccc1Cl)c1nnc(-c2cc(C)c(OCC=O)c(C)c2)s1. The summed E-state index contributed by atoms with van der Waals surface area (Å²) < 4.78 is 5.52. The number of aryl methyl sites for hydroxylation is 2. The molecule has 0 saturated heterocycles. The first kappa shape index (κ1) is 22.9. The first-order chi connectivity index (χ1) is 15.0. The van der Waals surface area contributed by atoms with Crippen LogP contribution < -0.4 is 9.64 Å². The van der Waals surface area contributed by atoms with Crippen LogP contribution in [0.5, 0.6) is 5.75 Å². The quantitative estimate of drug-likeness (QED) is 0.397. The van der Waals surface area contributed by atoms with Crippen molar-refractivity contribution in [2.75, 3.05) is 18.1 Å². The van der Waals surface area contributed by atoms with Crippen LogP contribution in [0, 0.1) is 13.8 Å². The number of benzene rings is 2. The lowest BCUT2D eigenvalue weighted by atomic mass is 10.1. The van der Waals surface area contributed by atoms with Gasteiger partial charge >= 0.3 is 0 Å². The number of hydrogen-bond acceptors (Lipinski definition) is 6. The predicted octanol–water partition coefficient (Wildman–Crippen LogP) is 5.50. The molecule has 8 heteroatoms. The van der Waals surface area contributed by atoms with Gasteiger partial charge in [-0.05, 0) is 55.7 Å². The van der Waals surface area contributed by atoms with E-state index in [-0.39, 0.29) is 12.5 Å². The number of anilines is 1. The minimum atomic E-state index is -0.188. The predicted molar refractivity (Wildman–Crippen MR) is 124 cm³/mol. The molecule has 0 spiro atoms. The lowest BCUT2D eigenvalue weighted by Gasteiger charge is -2.19. The van der Waals surface area contributed by atoms with Gasteiger partial charge in [0.25, 0.3) is 5.91 Å². The van der Waals surface area contributed by atoms with Crippen LogP contribution in [0.15, 0.2) is 36.4 Å². The number of hydrogen-bond donors (Lipinski definition) is 0. The van der Waals surface area contributed by atoms with E-state index in [4.69, 9.17) is 16.3 Å². The summed E-state index contributed by atoms with van der Waals surface area (Å²) in [7, 11) is 0. The molecule has 3 rings (SSSR count). The van der Waals surface area contributed by atoms with Crippen LogP contribution in [0.2, 0.25) is 5.02 Å². The second-order valence-corrected chi connectivity index (χ2v) is 8.46. The van der Waals surface area contributed by atoms with E-state index in [2.05, 4.69) is 17.1 Å². The molecule has 0 aliphatic carbocycles. The second-order valence-electron chi connectivity index (χ2n) is 7.10. The molecule has 0 atom stereocenters. The maximum atomic E-state index is 13.2. The van der Waals surface area contributed by atoms with Crippen molar-refractivity contribution in [3.8, 4) is 16.3 Å². The van der Waals surface area contributed by atoms with Crippen LogP contribution in [0.1, 0.15) is 41.3 Å². The third-order valence-corrected chi connectivity index (χ3v) is 6.06. The molecule has 1 aromatic heterocycles. The molecule has 0 radical (unpaired) electrons. The maximum Gasteiger partial charge on any atom is 0.261 e. The smallest absolute Gasteiger partial charge is 0.261 e. The Labute approximate surface area is 190 Å². The Kier molecular flexibility index (Phi) is 7.76. The van der Waals surface area contributed by atoms with Crippen LogP contribution in [-0.4, -0.2) is 35.5 Å². The van der Waals surface area contributed by atoms with Gasteiger partial charge in [0.2, 0.25) is 5.13 Å². The summed E-state index contributed by atoms with van der Waals surface area (Å²) in [4.78, 5) is 25.5. The Morgan fingerprint density at radius 3 is 2.55 bits per heavy atom. The Balaban J connectivity index is 1.93. The fourth-order valence-electron chi connectivity index (χ4n) is 3.24. The minimum absolute atomic E-state index is 0.0144. The van der Waals surface area contributed by atoms with Crippen LogP contribution >= 0.6 is 22.9 Å². The highest BCUT2D eigenvalue weighted by Gasteiger charge is 2.23. The van der Waals surface area contributed by atoms with E-state index >= 15 is 0 Å². The molecule has 0 aliphatic rings. The van der Waals surface area contributed by atoms with E-state index in [0.717, 1.165) is 35.8 Å². The average molecular weight is 458 g/mol. The Morgan fingerprint density at radius 2 is 1.90 bits per heavy atom. The summed E-state index contributed by atoms with van der Waals surface area (Å²) in [5.74, 6) is 0.505. The highest BCUT2D eigenvalue weighted by atomic mass is 35.5. The zero-order valence-electron chi connectivity index (χ0n) is 17.7. The third kappa shape index (κ3) is 5.29. The molecule has 0 fully saturated rings. The van der Waals surface area contributed by atoms with Gasteiger partial charge in [-0.1, -0.05) is 48.4 Å². The van der Waals surface area contributed by atoms with Crippen molar-refractivity contribution in [3.63, 3.8) is 0 Å². The number of unbranched alkanes of at least 4 members (excludes halogenated alkanes) is 1. The van der Waals surface area contributed by atoms with Gasteiger partial charge in [-0.3, -0.25) is 14.5 Å². The van der Waals surface area contributed by atoms with E-state index < -0.39 is 0 Å². The molecule has 2 aromatic carbocycles. The van der Waals surface area contributed by atoms with Crippen LogP contribution in [0.25, 0.3) is 10.6 Å². The van der Waals surface area contributed by atoms with Crippen molar-refractivity contribution in [2.24, 2.45) is 0 Å². The van der Waals surface area contributed by atoms with E-state index in [0.29, 0.717) is 33.0 Å². The van der Waals surface area contributed by atoms with Gasteiger partial charge in [-0.25, -0.2) is 0 Å². The number of nitrogens with zero attached hydrogens (tertiary/aromatic N) is 3. The lowest BCUT2D eigenvalue weighted by molar-refractivity contribution is -0.109. The number of ether oxygens (including phenoxy) is 1. The molecule has 1 heterocycles. The van der Waals surface area contributed by atoms with Gasteiger partial charge in [0.05, 0.1) is 10.6 Å². The number of aromatic nitrogens is 2. The van der Waals surface area contributed by atoms with Crippen molar-refractivity contribution < 1.29 is 14.3 Å². The topological polar surface area (TPSA) is 72.4 Å². The van der Waals surface area contributed by atoms with Crippen molar-refractivity contribution >= 4 is 40.3 Å². The third-order valence-electron chi connectivity index (χ3n) is 4.73. The van der Waals surface area contributed by atoms with E-state index in [1.165, 1.54) is 11.3 Å². The molecule has 31 heavy (non-hydrogen) atoms. The number of halogens is 1. The number of carbonyl (C=O) groups is 2. The molecule has 162 valence electrons. The maximum absolute atomic E-state index is 13.2. The van der Waals surface area contributed by atoms with Gasteiger partial charge in [0, 0.05) is 12.1 Å². The van der Waals surface area contributed by atoms with Gasteiger partial charge in [-0.15, -0.1) is 10.2 Å². The molecule has 0 unspecified atom stereocenters. The normalized spacial score (nSPS) is 10.7.